The second kappa shape index (κ2) is 9.67. The maximum atomic E-state index is 12.1. The highest BCUT2D eigenvalue weighted by atomic mass is 16.4. The van der Waals surface area contributed by atoms with Crippen molar-refractivity contribution in [2.75, 3.05) is 0 Å². The summed E-state index contributed by atoms with van der Waals surface area (Å²) in [7, 11) is 0. The molecule has 0 saturated carbocycles. The van der Waals surface area contributed by atoms with Gasteiger partial charge >= 0.3 is 11.9 Å². The average Bonchev–Trinajstić information content (AvgIpc) is 3.57. The summed E-state index contributed by atoms with van der Waals surface area (Å²) in [6.45, 7) is 0. The molecule has 0 fully saturated rings. The van der Waals surface area contributed by atoms with Gasteiger partial charge in [-0.1, -0.05) is 0 Å². The number of fused-ring (bicyclic) bond motifs is 1. The summed E-state index contributed by atoms with van der Waals surface area (Å²) < 4.78 is 0. The number of nitrogens with two attached hydrogens (primary N) is 1. The number of carboxylic acid groups (broad SMARTS) is 2. The van der Waals surface area contributed by atoms with Crippen molar-refractivity contribution >= 4 is 28.8 Å². The largest absolute Gasteiger partial charge is 0.507 e. The van der Waals surface area contributed by atoms with Gasteiger partial charge in [0.2, 0.25) is 0 Å². The molecule has 1 atom stereocenters. The van der Waals surface area contributed by atoms with Gasteiger partial charge in [-0.3, -0.25) is 15.0 Å². The Morgan fingerprint density at radius 2 is 1.74 bits per heavy atom. The van der Waals surface area contributed by atoms with Gasteiger partial charge in [-0.15, -0.1) is 0 Å². The van der Waals surface area contributed by atoms with Crippen LogP contribution in [0.25, 0.3) is 44.9 Å². The third kappa shape index (κ3) is 4.73. The number of nitrogens with one attached hydrogen (secondary N) is 3. The first-order valence-electron chi connectivity index (χ1n) is 11.6. The zero-order valence-corrected chi connectivity index (χ0v) is 20.1. The highest BCUT2D eigenvalue weighted by Gasteiger charge is 2.27. The van der Waals surface area contributed by atoms with Crippen LogP contribution in [0.1, 0.15) is 23.5 Å². The minimum absolute atomic E-state index is 0.0647. The zero-order valence-electron chi connectivity index (χ0n) is 20.1. The van der Waals surface area contributed by atoms with Crippen LogP contribution in [0.15, 0.2) is 60.9 Å². The molecule has 5 aromatic rings. The topological polar surface area (TPSA) is 222 Å². The molecule has 196 valence electrons. The summed E-state index contributed by atoms with van der Waals surface area (Å²) in [6, 6.07) is 12.2. The maximum Gasteiger partial charge on any atom is 0.311 e. The van der Waals surface area contributed by atoms with E-state index in [2.05, 4.69) is 19.9 Å². The predicted octanol–water partition coefficient (Wildman–Crippen LogP) is 3.63. The normalized spacial score (nSPS) is 11.9. The van der Waals surface area contributed by atoms with E-state index in [0.717, 1.165) is 0 Å². The third-order valence-electron chi connectivity index (χ3n) is 6.32. The van der Waals surface area contributed by atoms with Crippen LogP contribution in [0.4, 0.5) is 0 Å². The van der Waals surface area contributed by atoms with E-state index in [0.29, 0.717) is 28.0 Å². The Morgan fingerprint density at radius 1 is 0.974 bits per heavy atom. The van der Waals surface area contributed by atoms with E-state index in [-0.39, 0.29) is 45.4 Å². The number of H-pyrrole nitrogens is 2. The van der Waals surface area contributed by atoms with Crippen LogP contribution in [-0.4, -0.2) is 58.1 Å². The number of rotatable bonds is 8. The molecule has 12 nitrogen and oxygen atoms in total. The Labute approximate surface area is 219 Å². The first kappa shape index (κ1) is 25.0. The molecule has 0 amide bonds. The number of aromatic hydroxyl groups is 2. The van der Waals surface area contributed by atoms with Crippen LogP contribution in [0.2, 0.25) is 0 Å². The van der Waals surface area contributed by atoms with Gasteiger partial charge in [0.25, 0.3) is 0 Å². The molecule has 2 heterocycles. The smallest absolute Gasteiger partial charge is 0.311 e. The molecule has 0 aliphatic carbocycles. The summed E-state index contributed by atoms with van der Waals surface area (Å²) in [5, 5.41) is 49.0. The standard InChI is InChI=1S/C27H22N6O6/c28-24(29)12-1-3-19-20(10-12)33-26(32-19)18-9-14(15(27(38)39)11-22(35)36)8-17(23(18)37)16-7-13(2-4-21(16)34)25-30-5-6-31-25/h1-10,15,34,37H,11H2,(H3,28,29)(H,30,31)(H,32,33)(H,35,36)(H,38,39). The lowest BCUT2D eigenvalue weighted by molar-refractivity contribution is -0.145. The molecular weight excluding hydrogens is 504 g/mol. The van der Waals surface area contributed by atoms with Gasteiger partial charge in [0.15, 0.2) is 0 Å². The molecule has 0 bridgehead atoms. The van der Waals surface area contributed by atoms with Crippen molar-refractivity contribution in [3.63, 3.8) is 0 Å². The number of aromatic amines is 2. The van der Waals surface area contributed by atoms with Crippen LogP contribution in [0.5, 0.6) is 11.5 Å². The summed E-state index contributed by atoms with van der Waals surface area (Å²) >= 11 is 0. The Kier molecular flexibility index (Phi) is 6.20. The molecule has 0 aliphatic heterocycles. The van der Waals surface area contributed by atoms with Gasteiger partial charge in [0, 0.05) is 34.6 Å². The van der Waals surface area contributed by atoms with Crippen molar-refractivity contribution in [3.05, 3.63) is 72.1 Å². The average molecular weight is 527 g/mol. The fraction of sp³-hybridized carbons (Fsp3) is 0.0741. The SMILES string of the molecule is N=C(N)c1ccc2nc(-c3cc(C(CC(=O)O)C(=O)O)cc(-c4cc(-c5ncc[nH]5)ccc4O)c3O)[nH]c2c1. The van der Waals surface area contributed by atoms with Gasteiger partial charge in [-0.05, 0) is 54.1 Å². The van der Waals surface area contributed by atoms with E-state index in [1.54, 1.807) is 42.7 Å². The summed E-state index contributed by atoms with van der Waals surface area (Å²) in [6.07, 6.45) is 2.47. The summed E-state index contributed by atoms with van der Waals surface area (Å²) in [5.41, 5.74) is 8.02. The van der Waals surface area contributed by atoms with Crippen molar-refractivity contribution in [2.45, 2.75) is 12.3 Å². The Hall–Kier alpha value is -5.65. The first-order chi connectivity index (χ1) is 18.6. The second-order valence-corrected chi connectivity index (χ2v) is 8.85. The fourth-order valence-electron chi connectivity index (χ4n) is 4.39. The lowest BCUT2D eigenvalue weighted by Gasteiger charge is -2.17. The van der Waals surface area contributed by atoms with Crippen LogP contribution < -0.4 is 5.73 Å². The van der Waals surface area contributed by atoms with E-state index >= 15 is 0 Å². The van der Waals surface area contributed by atoms with E-state index in [1.807, 2.05) is 0 Å². The highest BCUT2D eigenvalue weighted by Crippen LogP contribution is 2.44. The molecule has 2 aromatic heterocycles. The zero-order chi connectivity index (χ0) is 27.8. The summed E-state index contributed by atoms with van der Waals surface area (Å²) in [5.74, 6) is -4.16. The highest BCUT2D eigenvalue weighted by molar-refractivity contribution is 5.98. The van der Waals surface area contributed by atoms with E-state index in [9.17, 15) is 30.0 Å². The van der Waals surface area contributed by atoms with Gasteiger partial charge in [-0.25, -0.2) is 9.97 Å². The lowest BCUT2D eigenvalue weighted by Crippen LogP contribution is -2.16. The van der Waals surface area contributed by atoms with Crippen LogP contribution >= 0.6 is 0 Å². The van der Waals surface area contributed by atoms with E-state index < -0.39 is 24.3 Å². The van der Waals surface area contributed by atoms with Crippen molar-refractivity contribution in [1.82, 2.24) is 19.9 Å². The summed E-state index contributed by atoms with van der Waals surface area (Å²) in [4.78, 5) is 38.3. The number of nitrogens with zero attached hydrogens (tertiary/aromatic N) is 2. The first-order valence-corrected chi connectivity index (χ1v) is 11.6. The van der Waals surface area contributed by atoms with Crippen LogP contribution in [0, 0.1) is 5.41 Å². The van der Waals surface area contributed by atoms with Gasteiger partial charge < -0.3 is 36.1 Å². The quantitative estimate of drug-likeness (QED) is 0.109. The Bertz CT molecular complexity index is 1760. The minimum atomic E-state index is -1.45. The Balaban J connectivity index is 1.76. The van der Waals surface area contributed by atoms with E-state index in [4.69, 9.17) is 11.1 Å². The van der Waals surface area contributed by atoms with Gasteiger partial charge in [0.05, 0.1) is 28.9 Å². The van der Waals surface area contributed by atoms with Crippen molar-refractivity contribution in [1.29, 1.82) is 5.41 Å². The van der Waals surface area contributed by atoms with Crippen molar-refractivity contribution in [3.8, 4) is 45.4 Å². The molecule has 0 aliphatic rings. The number of carbonyl (C=O) groups is 2. The maximum absolute atomic E-state index is 12.1. The van der Waals surface area contributed by atoms with Crippen LogP contribution in [0.3, 0.4) is 0 Å². The van der Waals surface area contributed by atoms with Crippen LogP contribution in [-0.2, 0) is 9.59 Å². The number of phenols is 2. The predicted molar refractivity (Wildman–Crippen MR) is 142 cm³/mol. The van der Waals surface area contributed by atoms with Crippen molar-refractivity contribution in [2.24, 2.45) is 5.73 Å². The number of nitrogen functional groups attached to an aromatic ring is 1. The molecule has 0 radical (unpaired) electrons. The number of aromatic nitrogens is 4. The molecule has 1 unspecified atom stereocenters. The number of phenolic OH excluding ortho intramolecular Hbond substituents is 2. The second-order valence-electron chi connectivity index (χ2n) is 8.85. The molecule has 9 N–H and O–H groups in total. The number of benzene rings is 3. The fourth-order valence-corrected chi connectivity index (χ4v) is 4.39. The number of imidazole rings is 2. The molecule has 3 aromatic carbocycles. The molecule has 12 heteroatoms. The number of carboxylic acids is 2. The molecule has 5 rings (SSSR count). The number of amidine groups is 1. The van der Waals surface area contributed by atoms with Crippen molar-refractivity contribution < 1.29 is 30.0 Å². The van der Waals surface area contributed by atoms with Gasteiger partial charge in [-0.2, -0.15) is 0 Å². The van der Waals surface area contributed by atoms with Gasteiger partial charge in [0.1, 0.15) is 29.0 Å². The number of hydrogen-bond donors (Lipinski definition) is 8. The molecule has 0 spiro atoms. The Morgan fingerprint density at radius 3 is 2.41 bits per heavy atom. The molecule has 39 heavy (non-hydrogen) atoms. The third-order valence-corrected chi connectivity index (χ3v) is 6.32. The molecular formula is C27H22N6O6. The number of hydrogen-bond acceptors (Lipinski definition) is 7. The minimum Gasteiger partial charge on any atom is -0.507 e. The lowest BCUT2D eigenvalue weighted by atomic mass is 9.89. The van der Waals surface area contributed by atoms with E-state index in [1.165, 1.54) is 18.2 Å². The molecule has 0 saturated heterocycles. The number of aliphatic carboxylic acids is 2. The monoisotopic (exact) mass is 526 g/mol.